The number of carbonyl (C=O) groups excluding carboxylic acids is 1. The van der Waals surface area contributed by atoms with Gasteiger partial charge in [-0.05, 0) is 20.0 Å². The molecule has 16 heavy (non-hydrogen) atoms. The molecule has 5 nitrogen and oxygen atoms in total. The molecule has 0 rings (SSSR count). The van der Waals surface area contributed by atoms with Crippen LogP contribution in [-0.2, 0) is 9.59 Å². The molecule has 0 atom stereocenters. The number of hydrogen-bond acceptors (Lipinski definition) is 3. The lowest BCUT2D eigenvalue weighted by atomic mass is 10.4. The Balaban J connectivity index is 0. The topological polar surface area (TPSA) is 60.9 Å². The lowest BCUT2D eigenvalue weighted by Crippen LogP contribution is -2.30. The van der Waals surface area contributed by atoms with Gasteiger partial charge < -0.3 is 10.0 Å². The lowest BCUT2D eigenvalue weighted by molar-refractivity contribution is -0.141. The Bertz CT molecular complexity index is 277. The Kier molecular flexibility index (Phi) is 10.5. The molecule has 92 valence electrons. The van der Waals surface area contributed by atoms with Gasteiger partial charge >= 0.3 is 5.97 Å². The summed E-state index contributed by atoms with van der Waals surface area (Å²) >= 11 is 0. The molecule has 0 aliphatic heterocycles. The highest BCUT2D eigenvalue weighted by molar-refractivity contribution is 5.95. The van der Waals surface area contributed by atoms with Crippen molar-refractivity contribution >= 4 is 11.9 Å². The van der Waals surface area contributed by atoms with Gasteiger partial charge in [-0.15, -0.1) is 0 Å². The lowest BCUT2D eigenvalue weighted by Gasteiger charge is -2.09. The zero-order valence-electron chi connectivity index (χ0n) is 10.6. The predicted molar refractivity (Wildman–Crippen MR) is 63.0 cm³/mol. The third-order valence-corrected chi connectivity index (χ3v) is 1.31. The van der Waals surface area contributed by atoms with Gasteiger partial charge in [-0.25, -0.2) is 0 Å². The maximum absolute atomic E-state index is 11.1. The molecule has 5 heteroatoms. The van der Waals surface area contributed by atoms with Gasteiger partial charge in [-0.3, -0.25) is 14.5 Å². The summed E-state index contributed by atoms with van der Waals surface area (Å²) in [7, 11) is 5.07. The van der Waals surface area contributed by atoms with E-state index in [1.807, 2.05) is 32.8 Å². The van der Waals surface area contributed by atoms with Crippen LogP contribution in [0, 0.1) is 11.8 Å². The molecular formula is C11H20N2O3. The zero-order valence-corrected chi connectivity index (χ0v) is 10.6. The van der Waals surface area contributed by atoms with Crippen LogP contribution in [0.2, 0.25) is 0 Å². The third-order valence-electron chi connectivity index (χ3n) is 1.31. The highest BCUT2D eigenvalue weighted by atomic mass is 16.4. The molecule has 0 aliphatic rings. The van der Waals surface area contributed by atoms with Crippen molar-refractivity contribution in [1.29, 1.82) is 0 Å². The molecule has 0 heterocycles. The minimum Gasteiger partial charge on any atom is -0.480 e. The van der Waals surface area contributed by atoms with Crippen molar-refractivity contribution < 1.29 is 14.7 Å². The molecule has 0 bridgehead atoms. The molecule has 1 N–H and O–H groups in total. The van der Waals surface area contributed by atoms with E-state index in [0.29, 0.717) is 6.54 Å². The van der Waals surface area contributed by atoms with Gasteiger partial charge in [0.1, 0.15) is 6.54 Å². The number of aliphatic carboxylic acids is 1. The summed E-state index contributed by atoms with van der Waals surface area (Å²) in [5.74, 6) is 3.46. The van der Waals surface area contributed by atoms with Crippen LogP contribution in [-0.4, -0.2) is 61.0 Å². The average Bonchev–Trinajstić information content (AvgIpc) is 2.19. The zero-order chi connectivity index (χ0) is 13.1. The Morgan fingerprint density at radius 3 is 2.06 bits per heavy atom. The van der Waals surface area contributed by atoms with Gasteiger partial charge in [0.2, 0.25) is 0 Å². The maximum atomic E-state index is 11.1. The summed E-state index contributed by atoms with van der Waals surface area (Å²) in [5, 5.41) is 8.40. The fourth-order valence-electron chi connectivity index (χ4n) is 0.643. The molecule has 0 radical (unpaired) electrons. The summed E-state index contributed by atoms with van der Waals surface area (Å²) in [6.45, 7) is 4.15. The van der Waals surface area contributed by atoms with Crippen LogP contribution < -0.4 is 0 Å². The smallest absolute Gasteiger partial charge is 0.323 e. The second-order valence-corrected chi connectivity index (χ2v) is 3.09. The van der Waals surface area contributed by atoms with Gasteiger partial charge in [0.05, 0.1) is 6.54 Å². The Morgan fingerprint density at radius 1 is 1.19 bits per heavy atom. The van der Waals surface area contributed by atoms with E-state index < -0.39 is 11.9 Å². The molecular weight excluding hydrogens is 208 g/mol. The first-order valence-corrected chi connectivity index (χ1v) is 5.04. The minimum atomic E-state index is -1.05. The number of carboxylic acids is 1. The SMILES string of the molecule is CC.CN(C)CC#CC(=O)N(C)CC(=O)O. The highest BCUT2D eigenvalue weighted by Gasteiger charge is 2.08. The van der Waals surface area contributed by atoms with Gasteiger partial charge in [-0.2, -0.15) is 0 Å². The molecule has 0 saturated carbocycles. The number of nitrogens with zero attached hydrogens (tertiary/aromatic N) is 2. The first kappa shape index (κ1) is 16.9. The number of likely N-dealkylation sites (N-methyl/N-ethyl adjacent to an activating group) is 1. The van der Waals surface area contributed by atoms with Crippen LogP contribution in [0.3, 0.4) is 0 Å². The molecule has 0 aromatic heterocycles. The standard InChI is InChI=1S/C9H14N2O3.C2H6/c1-10(2)6-4-5-8(12)11(3)7-9(13)14;1-2/h6-7H2,1-3H3,(H,13,14);1-2H3. The Labute approximate surface area is 97.0 Å². The fourth-order valence-corrected chi connectivity index (χ4v) is 0.643. The molecule has 0 saturated heterocycles. The van der Waals surface area contributed by atoms with Crippen molar-refractivity contribution in [1.82, 2.24) is 9.80 Å². The van der Waals surface area contributed by atoms with E-state index in [1.165, 1.54) is 7.05 Å². The van der Waals surface area contributed by atoms with E-state index in [9.17, 15) is 9.59 Å². The maximum Gasteiger partial charge on any atom is 0.323 e. The van der Waals surface area contributed by atoms with Gasteiger partial charge in [0, 0.05) is 7.05 Å². The molecule has 0 aromatic carbocycles. The Morgan fingerprint density at radius 2 is 1.69 bits per heavy atom. The predicted octanol–water partition coefficient (Wildman–Crippen LogP) is 0.121. The van der Waals surface area contributed by atoms with Crippen molar-refractivity contribution in [3.05, 3.63) is 0 Å². The number of amides is 1. The summed E-state index contributed by atoms with van der Waals surface area (Å²) in [5.41, 5.74) is 0. The van der Waals surface area contributed by atoms with Crippen LogP contribution in [0.4, 0.5) is 0 Å². The summed E-state index contributed by atoms with van der Waals surface area (Å²) in [6, 6.07) is 0. The van der Waals surface area contributed by atoms with Crippen LogP contribution in [0.1, 0.15) is 13.8 Å². The van der Waals surface area contributed by atoms with Crippen LogP contribution in [0.15, 0.2) is 0 Å². The molecule has 0 unspecified atom stereocenters. The van der Waals surface area contributed by atoms with Gasteiger partial charge in [-0.1, -0.05) is 19.8 Å². The van der Waals surface area contributed by atoms with Crippen LogP contribution >= 0.6 is 0 Å². The van der Waals surface area contributed by atoms with E-state index in [4.69, 9.17) is 5.11 Å². The van der Waals surface area contributed by atoms with E-state index >= 15 is 0 Å². The number of carbonyl (C=O) groups is 2. The quantitative estimate of drug-likeness (QED) is 0.697. The summed E-state index contributed by atoms with van der Waals surface area (Å²) < 4.78 is 0. The molecule has 0 fully saturated rings. The second-order valence-electron chi connectivity index (χ2n) is 3.09. The van der Waals surface area contributed by atoms with Crippen LogP contribution in [0.25, 0.3) is 0 Å². The normalized spacial score (nSPS) is 8.38. The van der Waals surface area contributed by atoms with Gasteiger partial charge in [0.25, 0.3) is 5.91 Å². The number of rotatable bonds is 3. The van der Waals surface area contributed by atoms with Crippen molar-refractivity contribution in [3.63, 3.8) is 0 Å². The molecule has 0 spiro atoms. The average molecular weight is 228 g/mol. The highest BCUT2D eigenvalue weighted by Crippen LogP contribution is 1.82. The first-order chi connectivity index (χ1) is 7.43. The van der Waals surface area contributed by atoms with E-state index in [2.05, 4.69) is 11.8 Å². The minimum absolute atomic E-state index is 0.324. The largest absolute Gasteiger partial charge is 0.480 e. The third kappa shape index (κ3) is 10.5. The van der Waals surface area contributed by atoms with Crippen molar-refractivity contribution in [2.24, 2.45) is 0 Å². The molecule has 1 amide bonds. The van der Waals surface area contributed by atoms with E-state index in [-0.39, 0.29) is 6.54 Å². The van der Waals surface area contributed by atoms with Crippen molar-refractivity contribution in [2.75, 3.05) is 34.2 Å². The fraction of sp³-hybridized carbons (Fsp3) is 0.636. The summed E-state index contributed by atoms with van der Waals surface area (Å²) in [4.78, 5) is 24.3. The molecule has 0 aliphatic carbocycles. The first-order valence-electron chi connectivity index (χ1n) is 5.04. The van der Waals surface area contributed by atoms with Gasteiger partial charge in [0.15, 0.2) is 0 Å². The number of carboxylic acid groups (broad SMARTS) is 1. The van der Waals surface area contributed by atoms with E-state index in [1.54, 1.807) is 0 Å². The molecule has 0 aromatic rings. The van der Waals surface area contributed by atoms with Crippen molar-refractivity contribution in [2.45, 2.75) is 13.8 Å². The Hall–Kier alpha value is -1.54. The van der Waals surface area contributed by atoms with E-state index in [0.717, 1.165) is 4.90 Å². The second kappa shape index (κ2) is 9.99. The number of hydrogen-bond donors (Lipinski definition) is 1. The summed E-state index contributed by atoms with van der Waals surface area (Å²) in [6.07, 6.45) is 0. The van der Waals surface area contributed by atoms with Crippen molar-refractivity contribution in [3.8, 4) is 11.8 Å². The van der Waals surface area contributed by atoms with Crippen LogP contribution in [0.5, 0.6) is 0 Å². The monoisotopic (exact) mass is 228 g/mol.